The molecule has 0 spiro atoms. The van der Waals surface area contributed by atoms with Gasteiger partial charge in [-0.2, -0.15) is 0 Å². The van der Waals surface area contributed by atoms with Crippen molar-refractivity contribution >= 4 is 21.2 Å². The Morgan fingerprint density at radius 1 is 0.926 bits per heavy atom. The first-order valence-corrected chi connectivity index (χ1v) is 9.90. The van der Waals surface area contributed by atoms with Gasteiger partial charge in [-0.05, 0) is 36.4 Å². The Bertz CT molecular complexity index is 1160. The molecule has 0 bridgehead atoms. The van der Waals surface area contributed by atoms with Crippen molar-refractivity contribution in [3.63, 3.8) is 0 Å². The lowest BCUT2D eigenvalue weighted by Gasteiger charge is -2.10. The van der Waals surface area contributed by atoms with Crippen LogP contribution in [0.1, 0.15) is 0 Å². The molecule has 4 rings (SSSR count). The number of nitrogens with zero attached hydrogens (tertiary/aromatic N) is 4. The van der Waals surface area contributed by atoms with Crippen LogP contribution in [0.2, 0.25) is 0 Å². The third-order valence-electron chi connectivity index (χ3n) is 4.12. The average molecular weight is 379 g/mol. The first-order chi connectivity index (χ1) is 13.1. The van der Waals surface area contributed by atoms with E-state index in [1.807, 2.05) is 28.8 Å². The second-order valence-corrected chi connectivity index (χ2v) is 7.65. The van der Waals surface area contributed by atoms with Gasteiger partial charge in [0.2, 0.25) is 10.0 Å². The van der Waals surface area contributed by atoms with Crippen LogP contribution in [0.15, 0.2) is 78.1 Å². The Morgan fingerprint density at radius 3 is 2.48 bits per heavy atom. The fraction of sp³-hybridized carbons (Fsp3) is 0.105. The predicted molar refractivity (Wildman–Crippen MR) is 102 cm³/mol. The zero-order valence-corrected chi connectivity index (χ0v) is 15.2. The largest absolute Gasteiger partial charge is 0.307 e. The van der Waals surface area contributed by atoms with E-state index in [-0.39, 0.29) is 11.4 Å². The molecule has 0 atom stereocenters. The van der Waals surface area contributed by atoms with Crippen molar-refractivity contribution in [1.82, 2.24) is 24.2 Å². The summed E-state index contributed by atoms with van der Waals surface area (Å²) in [6.07, 6.45) is 5.10. The molecule has 0 radical (unpaired) electrons. The first kappa shape index (κ1) is 17.3. The summed E-state index contributed by atoms with van der Waals surface area (Å²) in [6.45, 7) is 0.620. The molecule has 136 valence electrons. The highest BCUT2D eigenvalue weighted by Gasteiger charge is 2.16. The van der Waals surface area contributed by atoms with Crippen molar-refractivity contribution in [2.24, 2.45) is 0 Å². The lowest BCUT2D eigenvalue weighted by Crippen LogP contribution is -2.27. The summed E-state index contributed by atoms with van der Waals surface area (Å²) >= 11 is 0. The monoisotopic (exact) mass is 379 g/mol. The first-order valence-electron chi connectivity index (χ1n) is 8.41. The summed E-state index contributed by atoms with van der Waals surface area (Å²) in [6, 6.07) is 15.8. The van der Waals surface area contributed by atoms with Crippen LogP contribution in [0.4, 0.5) is 0 Å². The normalized spacial score (nSPS) is 11.7. The van der Waals surface area contributed by atoms with Crippen LogP contribution in [-0.2, 0) is 16.6 Å². The summed E-state index contributed by atoms with van der Waals surface area (Å²) in [7, 11) is -3.56. The van der Waals surface area contributed by atoms with E-state index in [1.165, 1.54) is 0 Å². The van der Waals surface area contributed by atoms with E-state index in [2.05, 4.69) is 19.7 Å². The van der Waals surface area contributed by atoms with E-state index >= 15 is 0 Å². The zero-order valence-electron chi connectivity index (χ0n) is 14.4. The van der Waals surface area contributed by atoms with Crippen LogP contribution in [-0.4, -0.2) is 34.5 Å². The summed E-state index contributed by atoms with van der Waals surface area (Å²) in [4.78, 5) is 13.3. The Balaban J connectivity index is 1.62. The second kappa shape index (κ2) is 7.26. The van der Waals surface area contributed by atoms with Gasteiger partial charge in [-0.1, -0.05) is 18.2 Å². The van der Waals surface area contributed by atoms with Crippen molar-refractivity contribution in [1.29, 1.82) is 0 Å². The van der Waals surface area contributed by atoms with Gasteiger partial charge in [-0.15, -0.1) is 0 Å². The molecular formula is C19H17N5O2S. The average Bonchev–Trinajstić information content (AvgIpc) is 3.08. The topological polar surface area (TPSA) is 89.8 Å². The second-order valence-electron chi connectivity index (χ2n) is 5.88. The maximum Gasteiger partial charge on any atom is 0.240 e. The molecule has 1 aromatic carbocycles. The Labute approximate surface area is 156 Å². The molecule has 0 fully saturated rings. The molecule has 0 aliphatic heterocycles. The SMILES string of the molecule is O=S(=O)(NCCn1c(-c2ccncc2)nc2cccnc21)c1ccccc1. The number of nitrogens with one attached hydrogen (secondary N) is 1. The molecule has 7 nitrogen and oxygen atoms in total. The number of rotatable bonds is 6. The highest BCUT2D eigenvalue weighted by molar-refractivity contribution is 7.89. The molecule has 4 aromatic rings. The van der Waals surface area contributed by atoms with Crippen LogP contribution in [0.25, 0.3) is 22.6 Å². The van der Waals surface area contributed by atoms with Gasteiger partial charge in [0.05, 0.1) is 4.90 Å². The Kier molecular flexibility index (Phi) is 4.66. The van der Waals surface area contributed by atoms with Gasteiger partial charge < -0.3 is 4.57 Å². The van der Waals surface area contributed by atoms with Crippen molar-refractivity contribution in [3.8, 4) is 11.4 Å². The number of hydrogen-bond acceptors (Lipinski definition) is 5. The number of imidazole rings is 1. The number of fused-ring (bicyclic) bond motifs is 1. The van der Waals surface area contributed by atoms with Crippen molar-refractivity contribution in [3.05, 3.63) is 73.2 Å². The minimum absolute atomic E-state index is 0.220. The minimum Gasteiger partial charge on any atom is -0.307 e. The molecule has 0 aliphatic carbocycles. The van der Waals surface area contributed by atoms with E-state index < -0.39 is 10.0 Å². The fourth-order valence-corrected chi connectivity index (χ4v) is 3.91. The van der Waals surface area contributed by atoms with E-state index in [0.717, 1.165) is 16.9 Å². The zero-order chi connectivity index (χ0) is 18.7. The lowest BCUT2D eigenvalue weighted by molar-refractivity contribution is 0.574. The van der Waals surface area contributed by atoms with E-state index in [0.29, 0.717) is 12.2 Å². The van der Waals surface area contributed by atoms with Gasteiger partial charge in [-0.3, -0.25) is 4.98 Å². The van der Waals surface area contributed by atoms with Crippen LogP contribution in [0, 0.1) is 0 Å². The van der Waals surface area contributed by atoms with Gasteiger partial charge in [0, 0.05) is 37.2 Å². The van der Waals surface area contributed by atoms with Gasteiger partial charge in [0.1, 0.15) is 11.3 Å². The number of benzene rings is 1. The van der Waals surface area contributed by atoms with Gasteiger partial charge in [0.15, 0.2) is 5.65 Å². The van der Waals surface area contributed by atoms with Crippen molar-refractivity contribution < 1.29 is 8.42 Å². The van der Waals surface area contributed by atoms with E-state index in [4.69, 9.17) is 0 Å². The van der Waals surface area contributed by atoms with Gasteiger partial charge in [0.25, 0.3) is 0 Å². The van der Waals surface area contributed by atoms with Crippen LogP contribution in [0.3, 0.4) is 0 Å². The predicted octanol–water partition coefficient (Wildman–Crippen LogP) is 2.47. The van der Waals surface area contributed by atoms with Crippen LogP contribution < -0.4 is 4.72 Å². The van der Waals surface area contributed by atoms with Gasteiger partial charge >= 0.3 is 0 Å². The van der Waals surface area contributed by atoms with E-state index in [1.54, 1.807) is 48.9 Å². The Hall–Kier alpha value is -3.10. The molecule has 0 unspecified atom stereocenters. The molecule has 27 heavy (non-hydrogen) atoms. The molecule has 0 saturated heterocycles. The molecule has 0 saturated carbocycles. The van der Waals surface area contributed by atoms with Crippen LogP contribution >= 0.6 is 0 Å². The number of sulfonamides is 1. The van der Waals surface area contributed by atoms with E-state index in [9.17, 15) is 8.42 Å². The smallest absolute Gasteiger partial charge is 0.240 e. The lowest BCUT2D eigenvalue weighted by atomic mass is 10.2. The summed E-state index contributed by atoms with van der Waals surface area (Å²) in [5.74, 6) is 0.727. The molecular weight excluding hydrogens is 362 g/mol. The van der Waals surface area contributed by atoms with Gasteiger partial charge in [-0.25, -0.2) is 23.1 Å². The third kappa shape index (κ3) is 3.57. The van der Waals surface area contributed by atoms with Crippen molar-refractivity contribution in [2.45, 2.75) is 11.4 Å². The maximum atomic E-state index is 12.4. The maximum absolute atomic E-state index is 12.4. The third-order valence-corrected chi connectivity index (χ3v) is 5.60. The Morgan fingerprint density at radius 2 is 1.70 bits per heavy atom. The number of aromatic nitrogens is 4. The molecule has 8 heteroatoms. The fourth-order valence-electron chi connectivity index (χ4n) is 2.87. The molecule has 1 N–H and O–H groups in total. The molecule has 0 aliphatic rings. The highest BCUT2D eigenvalue weighted by atomic mass is 32.2. The number of hydrogen-bond donors (Lipinski definition) is 1. The summed E-state index contributed by atoms with van der Waals surface area (Å²) < 4.78 is 29.4. The highest BCUT2D eigenvalue weighted by Crippen LogP contribution is 2.22. The van der Waals surface area contributed by atoms with Crippen LogP contribution in [0.5, 0.6) is 0 Å². The quantitative estimate of drug-likeness (QED) is 0.556. The number of pyridine rings is 2. The molecule has 3 aromatic heterocycles. The summed E-state index contributed by atoms with van der Waals surface area (Å²) in [5, 5.41) is 0. The summed E-state index contributed by atoms with van der Waals surface area (Å²) in [5.41, 5.74) is 2.37. The minimum atomic E-state index is -3.56. The standard InChI is InChI=1S/C19H17N5O2S/c25-27(26,16-5-2-1-3-6-16)22-13-14-24-18(15-8-11-20-12-9-15)23-17-7-4-10-21-19(17)24/h1-12,22H,13-14H2. The van der Waals surface area contributed by atoms with Crippen molar-refractivity contribution in [2.75, 3.05) is 6.54 Å². The molecule has 0 amide bonds. The molecule has 3 heterocycles.